The SMILES string of the molecule is N#Cc1cc(Cl)ccc1NCc1ccccc1Br. The van der Waals surface area contributed by atoms with Gasteiger partial charge in [-0.2, -0.15) is 5.26 Å². The fraction of sp³-hybridized carbons (Fsp3) is 0.0714. The van der Waals surface area contributed by atoms with Crippen molar-refractivity contribution >= 4 is 33.2 Å². The minimum Gasteiger partial charge on any atom is -0.380 e. The molecule has 0 atom stereocenters. The lowest BCUT2D eigenvalue weighted by Gasteiger charge is -2.09. The van der Waals surface area contributed by atoms with Crippen LogP contribution in [0.4, 0.5) is 5.69 Å². The zero-order valence-electron chi connectivity index (χ0n) is 9.45. The lowest BCUT2D eigenvalue weighted by Crippen LogP contribution is -2.01. The molecule has 2 aromatic carbocycles. The van der Waals surface area contributed by atoms with E-state index in [1.54, 1.807) is 12.1 Å². The Morgan fingerprint density at radius 3 is 2.72 bits per heavy atom. The number of halogens is 2. The Labute approximate surface area is 119 Å². The average Bonchev–Trinajstić information content (AvgIpc) is 2.39. The third-order valence-corrected chi connectivity index (χ3v) is 3.54. The molecule has 0 aliphatic carbocycles. The van der Waals surface area contributed by atoms with Crippen LogP contribution >= 0.6 is 27.5 Å². The molecule has 2 rings (SSSR count). The number of rotatable bonds is 3. The molecule has 0 amide bonds. The Kier molecular flexibility index (Phi) is 4.24. The maximum Gasteiger partial charge on any atom is 0.101 e. The van der Waals surface area contributed by atoms with Crippen molar-refractivity contribution in [1.29, 1.82) is 5.26 Å². The van der Waals surface area contributed by atoms with Crippen LogP contribution in [-0.2, 0) is 6.54 Å². The molecule has 0 unspecified atom stereocenters. The Balaban J connectivity index is 2.16. The zero-order chi connectivity index (χ0) is 13.0. The topological polar surface area (TPSA) is 35.8 Å². The maximum atomic E-state index is 9.04. The van der Waals surface area contributed by atoms with Crippen molar-refractivity contribution in [2.75, 3.05) is 5.32 Å². The predicted molar refractivity (Wildman–Crippen MR) is 77.6 cm³/mol. The molecule has 90 valence electrons. The summed E-state index contributed by atoms with van der Waals surface area (Å²) in [5.41, 5.74) is 2.48. The molecule has 0 aromatic heterocycles. The monoisotopic (exact) mass is 320 g/mol. The van der Waals surface area contributed by atoms with Crippen molar-refractivity contribution < 1.29 is 0 Å². The number of nitrogens with zero attached hydrogens (tertiary/aromatic N) is 1. The second-order valence-corrected chi connectivity index (χ2v) is 5.04. The van der Waals surface area contributed by atoms with Crippen LogP contribution in [0.2, 0.25) is 5.02 Å². The first-order chi connectivity index (χ1) is 8.70. The molecule has 0 aliphatic heterocycles. The van der Waals surface area contributed by atoms with Crippen LogP contribution < -0.4 is 5.32 Å². The van der Waals surface area contributed by atoms with Gasteiger partial charge in [-0.05, 0) is 29.8 Å². The summed E-state index contributed by atoms with van der Waals surface area (Å²) in [6.07, 6.45) is 0. The number of nitriles is 1. The summed E-state index contributed by atoms with van der Waals surface area (Å²) in [5, 5.41) is 12.8. The van der Waals surface area contributed by atoms with Gasteiger partial charge in [-0.15, -0.1) is 0 Å². The quantitative estimate of drug-likeness (QED) is 0.897. The second kappa shape index (κ2) is 5.90. The number of anilines is 1. The van der Waals surface area contributed by atoms with Crippen LogP contribution in [0.1, 0.15) is 11.1 Å². The van der Waals surface area contributed by atoms with Crippen LogP contribution in [-0.4, -0.2) is 0 Å². The van der Waals surface area contributed by atoms with Gasteiger partial charge < -0.3 is 5.32 Å². The minimum atomic E-state index is 0.551. The molecule has 0 radical (unpaired) electrons. The standard InChI is InChI=1S/C14H10BrClN2/c15-13-4-2-1-3-10(13)9-18-14-6-5-12(16)7-11(14)8-17/h1-7,18H,9H2. The van der Waals surface area contributed by atoms with Gasteiger partial charge in [0.2, 0.25) is 0 Å². The summed E-state index contributed by atoms with van der Waals surface area (Å²) in [7, 11) is 0. The van der Waals surface area contributed by atoms with Gasteiger partial charge in [0.25, 0.3) is 0 Å². The molecule has 0 fully saturated rings. The van der Waals surface area contributed by atoms with E-state index in [1.807, 2.05) is 30.3 Å². The van der Waals surface area contributed by atoms with E-state index in [-0.39, 0.29) is 0 Å². The van der Waals surface area contributed by atoms with Gasteiger partial charge in [0, 0.05) is 16.0 Å². The van der Waals surface area contributed by atoms with E-state index in [2.05, 4.69) is 27.3 Å². The normalized spacial score (nSPS) is 9.83. The van der Waals surface area contributed by atoms with E-state index < -0.39 is 0 Å². The third-order valence-electron chi connectivity index (χ3n) is 2.53. The highest BCUT2D eigenvalue weighted by molar-refractivity contribution is 9.10. The molecule has 4 heteroatoms. The van der Waals surface area contributed by atoms with Gasteiger partial charge >= 0.3 is 0 Å². The number of benzene rings is 2. The van der Waals surface area contributed by atoms with Crippen LogP contribution in [0.15, 0.2) is 46.9 Å². The first kappa shape index (κ1) is 12.9. The van der Waals surface area contributed by atoms with E-state index in [9.17, 15) is 0 Å². The summed E-state index contributed by atoms with van der Waals surface area (Å²) < 4.78 is 1.05. The van der Waals surface area contributed by atoms with E-state index in [0.717, 1.165) is 15.7 Å². The fourth-order valence-electron chi connectivity index (χ4n) is 1.60. The van der Waals surface area contributed by atoms with E-state index >= 15 is 0 Å². The first-order valence-corrected chi connectivity index (χ1v) is 6.55. The molecule has 18 heavy (non-hydrogen) atoms. The number of hydrogen-bond donors (Lipinski definition) is 1. The van der Waals surface area contributed by atoms with Gasteiger partial charge in [-0.3, -0.25) is 0 Å². The summed E-state index contributed by atoms with van der Waals surface area (Å²) in [5.74, 6) is 0. The molecule has 0 bridgehead atoms. The van der Waals surface area contributed by atoms with E-state index in [0.29, 0.717) is 17.1 Å². The lowest BCUT2D eigenvalue weighted by molar-refractivity contribution is 1.13. The molecule has 0 saturated heterocycles. The molecule has 0 heterocycles. The van der Waals surface area contributed by atoms with Crippen molar-refractivity contribution in [3.63, 3.8) is 0 Å². The van der Waals surface area contributed by atoms with E-state index in [1.165, 1.54) is 0 Å². The molecule has 2 nitrogen and oxygen atoms in total. The van der Waals surface area contributed by atoms with E-state index in [4.69, 9.17) is 16.9 Å². The highest BCUT2D eigenvalue weighted by Gasteiger charge is 2.03. The molecule has 0 spiro atoms. The smallest absolute Gasteiger partial charge is 0.101 e. The Hall–Kier alpha value is -1.50. The summed E-state index contributed by atoms with van der Waals surface area (Å²) in [6, 6.07) is 15.3. The van der Waals surface area contributed by atoms with Gasteiger partial charge in [0.15, 0.2) is 0 Å². The van der Waals surface area contributed by atoms with Crippen LogP contribution in [0.5, 0.6) is 0 Å². The van der Waals surface area contributed by atoms with Gasteiger partial charge in [0.1, 0.15) is 6.07 Å². The molecular formula is C14H10BrClN2. The van der Waals surface area contributed by atoms with Crippen molar-refractivity contribution in [2.24, 2.45) is 0 Å². The van der Waals surface area contributed by atoms with Gasteiger partial charge in [0.05, 0.1) is 11.3 Å². The third kappa shape index (κ3) is 3.04. The van der Waals surface area contributed by atoms with Crippen LogP contribution in [0.25, 0.3) is 0 Å². The van der Waals surface area contributed by atoms with Crippen molar-refractivity contribution in [2.45, 2.75) is 6.54 Å². The van der Waals surface area contributed by atoms with Crippen molar-refractivity contribution in [1.82, 2.24) is 0 Å². The van der Waals surface area contributed by atoms with Crippen molar-refractivity contribution in [3.8, 4) is 6.07 Å². The second-order valence-electron chi connectivity index (χ2n) is 3.75. The predicted octanol–water partition coefficient (Wildman–Crippen LogP) is 4.59. The minimum absolute atomic E-state index is 0.551. The van der Waals surface area contributed by atoms with Crippen LogP contribution in [0.3, 0.4) is 0 Å². The summed E-state index contributed by atoms with van der Waals surface area (Å²) >= 11 is 9.34. The molecule has 1 N–H and O–H groups in total. The molecule has 2 aromatic rings. The highest BCUT2D eigenvalue weighted by atomic mass is 79.9. The summed E-state index contributed by atoms with van der Waals surface area (Å²) in [4.78, 5) is 0. The molecule has 0 aliphatic rings. The van der Waals surface area contributed by atoms with Gasteiger partial charge in [-0.25, -0.2) is 0 Å². The Bertz CT molecular complexity index is 605. The first-order valence-electron chi connectivity index (χ1n) is 5.37. The zero-order valence-corrected chi connectivity index (χ0v) is 11.8. The Morgan fingerprint density at radius 1 is 1.22 bits per heavy atom. The van der Waals surface area contributed by atoms with Gasteiger partial charge in [-0.1, -0.05) is 45.7 Å². The number of nitrogens with one attached hydrogen (secondary N) is 1. The highest BCUT2D eigenvalue weighted by Crippen LogP contribution is 2.22. The maximum absolute atomic E-state index is 9.04. The Morgan fingerprint density at radius 2 is 2.00 bits per heavy atom. The lowest BCUT2D eigenvalue weighted by atomic mass is 10.1. The number of hydrogen-bond acceptors (Lipinski definition) is 2. The van der Waals surface area contributed by atoms with Crippen LogP contribution in [0, 0.1) is 11.3 Å². The fourth-order valence-corrected chi connectivity index (χ4v) is 2.19. The molecular weight excluding hydrogens is 312 g/mol. The summed E-state index contributed by atoms with van der Waals surface area (Å²) in [6.45, 7) is 0.651. The van der Waals surface area contributed by atoms with Crippen molar-refractivity contribution in [3.05, 3.63) is 63.1 Å². The largest absolute Gasteiger partial charge is 0.380 e. The molecule has 0 saturated carbocycles. The average molecular weight is 322 g/mol.